The molecule has 166 valence electrons. The Morgan fingerprint density at radius 2 is 1.84 bits per heavy atom. The third-order valence-corrected chi connectivity index (χ3v) is 5.90. The summed E-state index contributed by atoms with van der Waals surface area (Å²) < 4.78 is 13.5. The maximum atomic E-state index is 13.5. The lowest BCUT2D eigenvalue weighted by atomic mass is 10.0. The molecule has 0 saturated carbocycles. The minimum absolute atomic E-state index is 0.0226. The van der Waals surface area contributed by atoms with Crippen LogP contribution < -0.4 is 10.2 Å². The van der Waals surface area contributed by atoms with Crippen LogP contribution in [0.15, 0.2) is 48.9 Å². The summed E-state index contributed by atoms with van der Waals surface area (Å²) in [6.07, 6.45) is 6.65. The number of piperidine rings is 1. The maximum Gasteiger partial charge on any atom is 0.222 e. The molecule has 32 heavy (non-hydrogen) atoms. The number of nitrogens with zero attached hydrogens (tertiary/aromatic N) is 4. The molecule has 1 aliphatic heterocycles. The van der Waals surface area contributed by atoms with Crippen molar-refractivity contribution < 1.29 is 9.18 Å². The lowest BCUT2D eigenvalue weighted by molar-refractivity contribution is -0.124. The van der Waals surface area contributed by atoms with Crippen LogP contribution in [0.1, 0.15) is 26.7 Å². The Bertz CT molecular complexity index is 1100. The van der Waals surface area contributed by atoms with Gasteiger partial charge in [0.25, 0.3) is 0 Å². The third kappa shape index (κ3) is 4.88. The SMILES string of the molecule is CC(C)C(=O)NC1CCN(c2cnc(-c3ccc(F)cc3)c(-c3ccncc3Cl)n2)CC1. The smallest absolute Gasteiger partial charge is 0.222 e. The van der Waals surface area contributed by atoms with Gasteiger partial charge in [-0.05, 0) is 43.2 Å². The van der Waals surface area contributed by atoms with Crippen LogP contribution in [0.5, 0.6) is 0 Å². The molecule has 1 N–H and O–H groups in total. The number of carbonyl (C=O) groups excluding carboxylic acids is 1. The summed E-state index contributed by atoms with van der Waals surface area (Å²) >= 11 is 6.43. The number of amides is 1. The number of nitrogens with one attached hydrogen (secondary N) is 1. The number of anilines is 1. The van der Waals surface area contributed by atoms with E-state index >= 15 is 0 Å². The van der Waals surface area contributed by atoms with Gasteiger partial charge >= 0.3 is 0 Å². The number of carbonyl (C=O) groups is 1. The summed E-state index contributed by atoms with van der Waals surface area (Å²) in [5.41, 5.74) is 2.72. The average molecular weight is 454 g/mol. The van der Waals surface area contributed by atoms with E-state index in [1.54, 1.807) is 36.8 Å². The number of benzene rings is 1. The second-order valence-electron chi connectivity index (χ2n) is 8.21. The van der Waals surface area contributed by atoms with Gasteiger partial charge in [0.2, 0.25) is 5.91 Å². The molecular weight excluding hydrogens is 429 g/mol. The van der Waals surface area contributed by atoms with Crippen LogP contribution in [0.4, 0.5) is 10.2 Å². The molecule has 0 unspecified atom stereocenters. The fourth-order valence-electron chi connectivity index (χ4n) is 3.73. The number of hydrogen-bond donors (Lipinski definition) is 1. The van der Waals surface area contributed by atoms with E-state index in [0.717, 1.165) is 42.9 Å². The fourth-order valence-corrected chi connectivity index (χ4v) is 3.94. The first-order valence-corrected chi connectivity index (χ1v) is 11.1. The second kappa shape index (κ2) is 9.61. The molecular formula is C24H25ClFN5O. The van der Waals surface area contributed by atoms with Crippen molar-refractivity contribution in [3.63, 3.8) is 0 Å². The molecule has 3 heterocycles. The van der Waals surface area contributed by atoms with Crippen molar-refractivity contribution in [3.8, 4) is 22.5 Å². The highest BCUT2D eigenvalue weighted by Gasteiger charge is 2.24. The Kier molecular flexibility index (Phi) is 6.65. The molecule has 8 heteroatoms. The van der Waals surface area contributed by atoms with Crippen LogP contribution in [0.25, 0.3) is 22.5 Å². The van der Waals surface area contributed by atoms with E-state index in [1.165, 1.54) is 12.1 Å². The first-order valence-electron chi connectivity index (χ1n) is 10.7. The van der Waals surface area contributed by atoms with Gasteiger partial charge in [0.05, 0.1) is 16.9 Å². The van der Waals surface area contributed by atoms with E-state index in [2.05, 4.69) is 20.2 Å². The number of pyridine rings is 1. The highest BCUT2D eigenvalue weighted by Crippen LogP contribution is 2.34. The van der Waals surface area contributed by atoms with Crippen molar-refractivity contribution in [2.24, 2.45) is 5.92 Å². The molecule has 1 fully saturated rings. The number of aromatic nitrogens is 3. The molecule has 0 spiro atoms. The van der Waals surface area contributed by atoms with E-state index in [9.17, 15) is 9.18 Å². The van der Waals surface area contributed by atoms with Crippen molar-refractivity contribution in [2.75, 3.05) is 18.0 Å². The van der Waals surface area contributed by atoms with E-state index in [4.69, 9.17) is 16.6 Å². The Hall–Kier alpha value is -3.06. The number of hydrogen-bond acceptors (Lipinski definition) is 5. The van der Waals surface area contributed by atoms with Crippen molar-refractivity contribution in [1.82, 2.24) is 20.3 Å². The zero-order valence-electron chi connectivity index (χ0n) is 18.1. The largest absolute Gasteiger partial charge is 0.355 e. The van der Waals surface area contributed by atoms with Crippen LogP contribution in [0.3, 0.4) is 0 Å². The first kappa shape index (κ1) is 22.1. The van der Waals surface area contributed by atoms with Crippen LogP contribution in [0, 0.1) is 11.7 Å². The molecule has 4 rings (SSSR count). The Morgan fingerprint density at radius 1 is 1.12 bits per heavy atom. The molecule has 0 atom stereocenters. The molecule has 0 aliphatic carbocycles. The molecule has 0 bridgehead atoms. The first-order chi connectivity index (χ1) is 15.4. The summed E-state index contributed by atoms with van der Waals surface area (Å²) in [5, 5.41) is 3.58. The molecule has 0 radical (unpaired) electrons. The average Bonchev–Trinajstić information content (AvgIpc) is 2.80. The summed E-state index contributed by atoms with van der Waals surface area (Å²) in [4.78, 5) is 27.8. The van der Waals surface area contributed by atoms with Gasteiger partial charge < -0.3 is 10.2 Å². The Labute approximate surface area is 191 Å². The zero-order chi connectivity index (χ0) is 22.7. The lowest BCUT2D eigenvalue weighted by Gasteiger charge is -2.33. The standard InChI is InChI=1S/C24H25ClFN5O/c1-15(2)24(32)29-18-8-11-31(12-9-18)21-14-28-22(16-3-5-17(26)6-4-16)23(30-21)19-7-10-27-13-20(19)25/h3-7,10,13-15,18H,8-9,11-12H2,1-2H3,(H,29,32). The summed E-state index contributed by atoms with van der Waals surface area (Å²) in [6, 6.07) is 8.14. The third-order valence-electron chi connectivity index (χ3n) is 5.59. The quantitative estimate of drug-likeness (QED) is 0.604. The predicted octanol–water partition coefficient (Wildman–Crippen LogP) is 4.74. The van der Waals surface area contributed by atoms with E-state index in [1.807, 2.05) is 13.8 Å². The molecule has 1 saturated heterocycles. The molecule has 1 aromatic carbocycles. The van der Waals surface area contributed by atoms with E-state index in [0.29, 0.717) is 16.4 Å². The minimum Gasteiger partial charge on any atom is -0.355 e. The molecule has 1 aliphatic rings. The fraction of sp³-hybridized carbons (Fsp3) is 0.333. The van der Waals surface area contributed by atoms with Gasteiger partial charge in [-0.2, -0.15) is 0 Å². The van der Waals surface area contributed by atoms with Crippen molar-refractivity contribution in [3.05, 3.63) is 59.8 Å². The van der Waals surface area contributed by atoms with Gasteiger partial charge in [-0.3, -0.25) is 14.8 Å². The van der Waals surface area contributed by atoms with Gasteiger partial charge in [-0.15, -0.1) is 0 Å². The summed E-state index contributed by atoms with van der Waals surface area (Å²) in [6.45, 7) is 5.32. The monoisotopic (exact) mass is 453 g/mol. The predicted molar refractivity (Wildman–Crippen MR) is 124 cm³/mol. The van der Waals surface area contributed by atoms with Gasteiger partial charge in [0, 0.05) is 48.6 Å². The highest BCUT2D eigenvalue weighted by molar-refractivity contribution is 6.33. The summed E-state index contributed by atoms with van der Waals surface area (Å²) in [5.74, 6) is 0.494. The summed E-state index contributed by atoms with van der Waals surface area (Å²) in [7, 11) is 0. The normalized spacial score (nSPS) is 14.6. The van der Waals surface area contributed by atoms with Gasteiger partial charge in [-0.1, -0.05) is 25.4 Å². The van der Waals surface area contributed by atoms with Gasteiger partial charge in [-0.25, -0.2) is 9.37 Å². The van der Waals surface area contributed by atoms with Crippen LogP contribution in [-0.4, -0.2) is 40.0 Å². The molecule has 2 aromatic heterocycles. The van der Waals surface area contributed by atoms with Crippen molar-refractivity contribution >= 4 is 23.3 Å². The Morgan fingerprint density at radius 3 is 2.50 bits per heavy atom. The minimum atomic E-state index is -0.311. The molecule has 3 aromatic rings. The highest BCUT2D eigenvalue weighted by atomic mass is 35.5. The van der Waals surface area contributed by atoms with Crippen LogP contribution >= 0.6 is 11.6 Å². The number of rotatable bonds is 5. The Balaban J connectivity index is 1.63. The van der Waals surface area contributed by atoms with Gasteiger partial charge in [0.1, 0.15) is 17.3 Å². The second-order valence-corrected chi connectivity index (χ2v) is 8.62. The van der Waals surface area contributed by atoms with Crippen molar-refractivity contribution in [1.29, 1.82) is 0 Å². The maximum absolute atomic E-state index is 13.5. The van der Waals surface area contributed by atoms with Crippen molar-refractivity contribution in [2.45, 2.75) is 32.7 Å². The molecule has 1 amide bonds. The topological polar surface area (TPSA) is 71.0 Å². The van der Waals surface area contributed by atoms with Crippen LogP contribution in [0.2, 0.25) is 5.02 Å². The van der Waals surface area contributed by atoms with E-state index < -0.39 is 0 Å². The van der Waals surface area contributed by atoms with Crippen LogP contribution in [-0.2, 0) is 4.79 Å². The zero-order valence-corrected chi connectivity index (χ0v) is 18.8. The molecule has 6 nitrogen and oxygen atoms in total. The lowest BCUT2D eigenvalue weighted by Crippen LogP contribution is -2.46. The van der Waals surface area contributed by atoms with E-state index in [-0.39, 0.29) is 23.7 Å². The number of halogens is 2. The van der Waals surface area contributed by atoms with Gasteiger partial charge in [0.15, 0.2) is 0 Å².